The van der Waals surface area contributed by atoms with Crippen LogP contribution < -0.4 is 16.5 Å². The fraction of sp³-hybridized carbons (Fsp3) is 0.406. The Morgan fingerprint density at radius 1 is 1.07 bits per heavy atom. The number of ketones is 1. The molecule has 4 atom stereocenters. The van der Waals surface area contributed by atoms with Crippen LogP contribution in [0.25, 0.3) is 0 Å². The van der Waals surface area contributed by atoms with E-state index in [1.165, 1.54) is 44.3 Å². The Kier molecular flexibility index (Phi) is 10.9. The van der Waals surface area contributed by atoms with E-state index in [-0.39, 0.29) is 18.5 Å². The molecule has 0 saturated carbocycles. The highest BCUT2D eigenvalue weighted by Crippen LogP contribution is 2.38. The SMILES string of the molecule is CC(=O)[C@](C(=O)OC(C)C)(N1C(=O)CC(Cc2ccc(C=NN)cc2)C1=O)N(C(=O)[C@@H](N)C(C(=O)O)C(C)C)c1ccccc1. The van der Waals surface area contributed by atoms with Gasteiger partial charge in [0.1, 0.15) is 0 Å². The summed E-state index contributed by atoms with van der Waals surface area (Å²) in [5, 5.41) is 13.4. The van der Waals surface area contributed by atoms with Crippen LogP contribution in [0.3, 0.4) is 0 Å². The van der Waals surface area contributed by atoms with Gasteiger partial charge in [0.15, 0.2) is 5.78 Å². The van der Waals surface area contributed by atoms with Crippen molar-refractivity contribution in [2.75, 3.05) is 4.90 Å². The molecule has 0 aromatic heterocycles. The van der Waals surface area contributed by atoms with Gasteiger partial charge in [-0.05, 0) is 56.4 Å². The molecule has 1 saturated heterocycles. The third kappa shape index (κ3) is 6.93. The highest BCUT2D eigenvalue weighted by molar-refractivity contribution is 6.23. The number of anilines is 1. The smallest absolute Gasteiger partial charge is 0.362 e. The van der Waals surface area contributed by atoms with Crippen molar-refractivity contribution < 1.29 is 38.6 Å². The number of hydrazone groups is 1. The number of amides is 3. The Morgan fingerprint density at radius 3 is 2.16 bits per heavy atom. The zero-order chi connectivity index (χ0) is 33.6. The predicted molar refractivity (Wildman–Crippen MR) is 164 cm³/mol. The summed E-state index contributed by atoms with van der Waals surface area (Å²) in [4.78, 5) is 83.7. The second kappa shape index (κ2) is 14.2. The van der Waals surface area contributed by atoms with Gasteiger partial charge in [0.25, 0.3) is 5.66 Å². The molecule has 2 unspecified atom stereocenters. The molecule has 1 aliphatic heterocycles. The molecule has 3 amide bonds. The first-order chi connectivity index (χ1) is 21.2. The van der Waals surface area contributed by atoms with Crippen molar-refractivity contribution >= 4 is 47.3 Å². The van der Waals surface area contributed by atoms with Gasteiger partial charge >= 0.3 is 11.9 Å². The number of ether oxygens (including phenoxy) is 1. The summed E-state index contributed by atoms with van der Waals surface area (Å²) in [5.41, 5.74) is 4.62. The average molecular weight is 622 g/mol. The van der Waals surface area contributed by atoms with E-state index < -0.39 is 71.0 Å². The van der Waals surface area contributed by atoms with Crippen molar-refractivity contribution in [3.8, 4) is 0 Å². The van der Waals surface area contributed by atoms with Crippen LogP contribution in [0.1, 0.15) is 52.2 Å². The normalized spacial score (nSPS) is 17.8. The van der Waals surface area contributed by atoms with Crippen molar-refractivity contribution in [2.45, 2.75) is 65.3 Å². The van der Waals surface area contributed by atoms with E-state index in [1.807, 2.05) is 0 Å². The van der Waals surface area contributed by atoms with Gasteiger partial charge < -0.3 is 21.4 Å². The number of carboxylic acids is 1. The van der Waals surface area contributed by atoms with E-state index in [4.69, 9.17) is 16.3 Å². The van der Waals surface area contributed by atoms with E-state index in [0.29, 0.717) is 20.9 Å². The standard InChI is InChI=1S/C32H39N5O8/c1-18(2)26(30(42)43)27(33)29(41)36(24-9-7-6-8-10-24)32(20(5)38,31(44)45-19(3)4)37-25(39)16-23(28(37)40)15-21-11-13-22(14-12-21)17-35-34/h6-14,17-19,23,26-27H,15-16,33-34H2,1-5H3,(H,42,43)/t23?,26?,27-,32+/m0/s1. The molecule has 2 aromatic carbocycles. The lowest BCUT2D eigenvalue weighted by Gasteiger charge is -2.45. The van der Waals surface area contributed by atoms with E-state index in [1.54, 1.807) is 44.2 Å². The summed E-state index contributed by atoms with van der Waals surface area (Å²) in [5.74, 6) is -4.66. The lowest BCUT2D eigenvalue weighted by Crippen LogP contribution is -2.75. The number of carboxylic acid groups (broad SMARTS) is 1. The predicted octanol–water partition coefficient (Wildman–Crippen LogP) is 1.85. The second-order valence-corrected chi connectivity index (χ2v) is 11.5. The number of carbonyl (C=O) groups excluding carboxylic acids is 5. The topological polar surface area (TPSA) is 203 Å². The quantitative estimate of drug-likeness (QED) is 0.0740. The van der Waals surface area contributed by atoms with Crippen LogP contribution in [0.2, 0.25) is 0 Å². The molecule has 1 heterocycles. The van der Waals surface area contributed by atoms with Crippen LogP contribution in [0.5, 0.6) is 0 Å². The van der Waals surface area contributed by atoms with E-state index in [2.05, 4.69) is 5.10 Å². The Labute approximate surface area is 261 Å². The Balaban J connectivity index is 2.26. The first-order valence-electron chi connectivity index (χ1n) is 14.5. The fourth-order valence-electron chi connectivity index (χ4n) is 5.55. The van der Waals surface area contributed by atoms with Crippen molar-refractivity contribution in [1.29, 1.82) is 0 Å². The third-order valence-corrected chi connectivity index (χ3v) is 7.60. The Morgan fingerprint density at radius 2 is 1.67 bits per heavy atom. The maximum Gasteiger partial charge on any atom is 0.362 e. The minimum absolute atomic E-state index is 0.0710. The number of aliphatic carboxylic acids is 1. The van der Waals surface area contributed by atoms with Gasteiger partial charge in [-0.15, -0.1) is 0 Å². The molecule has 0 bridgehead atoms. The molecule has 0 aliphatic carbocycles. The molecule has 2 aromatic rings. The van der Waals surface area contributed by atoms with Gasteiger partial charge in [0, 0.05) is 12.1 Å². The highest BCUT2D eigenvalue weighted by Gasteiger charge is 2.65. The van der Waals surface area contributed by atoms with Crippen LogP contribution in [-0.2, 0) is 39.9 Å². The maximum atomic E-state index is 14.4. The molecular weight excluding hydrogens is 582 g/mol. The summed E-state index contributed by atoms with van der Waals surface area (Å²) in [7, 11) is 0. The molecule has 13 heteroatoms. The number of carbonyl (C=O) groups is 6. The maximum absolute atomic E-state index is 14.4. The molecular formula is C32H39N5O8. The van der Waals surface area contributed by atoms with Gasteiger partial charge in [-0.2, -0.15) is 5.10 Å². The van der Waals surface area contributed by atoms with Crippen molar-refractivity contribution in [2.24, 2.45) is 34.4 Å². The monoisotopic (exact) mass is 621 g/mol. The van der Waals surface area contributed by atoms with Gasteiger partial charge in [-0.1, -0.05) is 56.3 Å². The number of para-hydroxylation sites is 1. The summed E-state index contributed by atoms with van der Waals surface area (Å²) in [6.45, 7) is 7.06. The number of likely N-dealkylation sites (tertiary alicyclic amines) is 1. The summed E-state index contributed by atoms with van der Waals surface area (Å²) < 4.78 is 5.48. The second-order valence-electron chi connectivity index (χ2n) is 11.5. The Bertz CT molecular complexity index is 1470. The van der Waals surface area contributed by atoms with Crippen molar-refractivity contribution in [3.05, 3.63) is 65.7 Å². The lowest BCUT2D eigenvalue weighted by molar-refractivity contribution is -0.174. The highest BCUT2D eigenvalue weighted by atomic mass is 16.5. The third-order valence-electron chi connectivity index (χ3n) is 7.60. The molecule has 240 valence electrons. The van der Waals surface area contributed by atoms with Crippen LogP contribution >= 0.6 is 0 Å². The van der Waals surface area contributed by atoms with Crippen LogP contribution in [0.15, 0.2) is 59.7 Å². The number of Topliss-reactive ketones (excluding diaryl/α,β-unsaturated/α-hetero) is 1. The zero-order valence-electron chi connectivity index (χ0n) is 25.9. The molecule has 0 radical (unpaired) electrons. The minimum Gasteiger partial charge on any atom is -0.481 e. The number of imide groups is 1. The number of rotatable bonds is 13. The summed E-state index contributed by atoms with van der Waals surface area (Å²) in [6.07, 6.45) is 0.299. The number of hydrogen-bond acceptors (Lipinski definition) is 10. The lowest BCUT2D eigenvalue weighted by atomic mass is 9.87. The first-order valence-corrected chi connectivity index (χ1v) is 14.5. The Hall–Kier alpha value is -4.91. The van der Waals surface area contributed by atoms with Gasteiger partial charge in [-0.25, -0.2) is 9.69 Å². The number of nitrogens with zero attached hydrogens (tertiary/aromatic N) is 3. The van der Waals surface area contributed by atoms with Crippen LogP contribution in [0.4, 0.5) is 5.69 Å². The van der Waals surface area contributed by atoms with Crippen molar-refractivity contribution in [1.82, 2.24) is 4.90 Å². The van der Waals surface area contributed by atoms with E-state index in [9.17, 15) is 33.9 Å². The summed E-state index contributed by atoms with van der Waals surface area (Å²) >= 11 is 0. The average Bonchev–Trinajstić information content (AvgIpc) is 3.24. The number of hydrogen-bond donors (Lipinski definition) is 3. The summed E-state index contributed by atoms with van der Waals surface area (Å²) in [6, 6.07) is 12.5. The molecule has 0 spiro atoms. The van der Waals surface area contributed by atoms with Gasteiger partial charge in [0.2, 0.25) is 17.7 Å². The molecule has 1 aliphatic rings. The zero-order valence-corrected chi connectivity index (χ0v) is 25.9. The molecule has 1 fully saturated rings. The molecule has 5 N–H and O–H groups in total. The largest absolute Gasteiger partial charge is 0.481 e. The molecule has 13 nitrogen and oxygen atoms in total. The van der Waals surface area contributed by atoms with Crippen molar-refractivity contribution in [3.63, 3.8) is 0 Å². The van der Waals surface area contributed by atoms with Gasteiger partial charge in [0.05, 0.1) is 30.2 Å². The van der Waals surface area contributed by atoms with Crippen LogP contribution in [0, 0.1) is 17.8 Å². The van der Waals surface area contributed by atoms with Gasteiger partial charge in [-0.3, -0.25) is 28.9 Å². The van der Waals surface area contributed by atoms with E-state index in [0.717, 1.165) is 6.92 Å². The number of nitrogens with two attached hydrogens (primary N) is 2. The minimum atomic E-state index is -2.97. The van der Waals surface area contributed by atoms with E-state index >= 15 is 0 Å². The first kappa shape index (κ1) is 34.6. The molecule has 3 rings (SSSR count). The number of esters is 1. The van der Waals surface area contributed by atoms with Crippen LogP contribution in [-0.4, -0.2) is 69.5 Å². The fourth-order valence-corrected chi connectivity index (χ4v) is 5.55. The molecule has 45 heavy (non-hydrogen) atoms. The number of benzene rings is 2.